The summed E-state index contributed by atoms with van der Waals surface area (Å²) in [7, 11) is 0. The zero-order valence-corrected chi connectivity index (χ0v) is 8.74. The molecule has 1 rings (SSSR count). The highest BCUT2D eigenvalue weighted by atomic mass is 16.5. The van der Waals surface area contributed by atoms with Crippen molar-refractivity contribution in [2.45, 2.75) is 36.8 Å². The molecule has 0 saturated heterocycles. The molecule has 0 spiro atoms. The van der Waals surface area contributed by atoms with Crippen LogP contribution in [0.25, 0.3) is 0 Å². The van der Waals surface area contributed by atoms with Crippen LogP contribution in [0.4, 0.5) is 0 Å². The second kappa shape index (κ2) is 4.92. The van der Waals surface area contributed by atoms with Gasteiger partial charge in [-0.05, 0) is 0 Å². The maximum absolute atomic E-state index is 10.8. The fourth-order valence-electron chi connectivity index (χ4n) is 1.78. The molecule has 1 aliphatic carbocycles. The SMILES string of the molecule is C=CCO[C@H]1C[C@@](O)(C(=O)O)C[C@@H](O)[C@@H]1O. The van der Waals surface area contributed by atoms with Crippen molar-refractivity contribution < 1.29 is 30.0 Å². The van der Waals surface area contributed by atoms with E-state index in [1.807, 2.05) is 0 Å². The molecule has 1 fully saturated rings. The van der Waals surface area contributed by atoms with Gasteiger partial charge >= 0.3 is 5.97 Å². The first-order valence-corrected chi connectivity index (χ1v) is 4.95. The topological polar surface area (TPSA) is 107 Å². The minimum absolute atomic E-state index is 0.115. The summed E-state index contributed by atoms with van der Waals surface area (Å²) in [5.41, 5.74) is -2.05. The first-order valence-electron chi connectivity index (χ1n) is 4.95. The molecule has 0 aromatic heterocycles. The molecular formula is C10H16O6. The van der Waals surface area contributed by atoms with Crippen LogP contribution in [0.15, 0.2) is 12.7 Å². The van der Waals surface area contributed by atoms with E-state index in [0.29, 0.717) is 0 Å². The summed E-state index contributed by atoms with van der Waals surface area (Å²) >= 11 is 0. The number of aliphatic hydroxyl groups is 3. The molecule has 1 saturated carbocycles. The Labute approximate surface area is 92.8 Å². The maximum atomic E-state index is 10.8. The van der Waals surface area contributed by atoms with E-state index in [0.717, 1.165) is 0 Å². The predicted molar refractivity (Wildman–Crippen MR) is 53.8 cm³/mol. The molecule has 4 N–H and O–H groups in total. The highest BCUT2D eigenvalue weighted by Gasteiger charge is 2.49. The monoisotopic (exact) mass is 232 g/mol. The van der Waals surface area contributed by atoms with E-state index >= 15 is 0 Å². The molecule has 0 aromatic carbocycles. The van der Waals surface area contributed by atoms with Crippen LogP contribution < -0.4 is 0 Å². The van der Waals surface area contributed by atoms with Gasteiger partial charge in [-0.1, -0.05) is 6.08 Å². The highest BCUT2D eigenvalue weighted by molar-refractivity contribution is 5.77. The Bertz CT molecular complexity index is 278. The van der Waals surface area contributed by atoms with Crippen molar-refractivity contribution in [3.63, 3.8) is 0 Å². The molecular weight excluding hydrogens is 216 g/mol. The van der Waals surface area contributed by atoms with E-state index in [4.69, 9.17) is 9.84 Å². The summed E-state index contributed by atoms with van der Waals surface area (Å²) in [4.78, 5) is 10.8. The zero-order valence-electron chi connectivity index (χ0n) is 8.74. The van der Waals surface area contributed by atoms with E-state index in [-0.39, 0.29) is 13.0 Å². The fourth-order valence-corrected chi connectivity index (χ4v) is 1.78. The Morgan fingerprint density at radius 2 is 2.12 bits per heavy atom. The van der Waals surface area contributed by atoms with Crippen LogP contribution in [0.3, 0.4) is 0 Å². The summed E-state index contributed by atoms with van der Waals surface area (Å²) in [6.45, 7) is 3.53. The lowest BCUT2D eigenvalue weighted by molar-refractivity contribution is -0.192. The van der Waals surface area contributed by atoms with Crippen LogP contribution >= 0.6 is 0 Å². The molecule has 92 valence electrons. The number of carboxylic acids is 1. The molecule has 4 atom stereocenters. The number of hydrogen-bond donors (Lipinski definition) is 4. The summed E-state index contributed by atoms with van der Waals surface area (Å²) in [5.74, 6) is -1.43. The predicted octanol–water partition coefficient (Wildman–Crippen LogP) is -1.11. The largest absolute Gasteiger partial charge is 0.479 e. The van der Waals surface area contributed by atoms with Crippen molar-refractivity contribution in [3.8, 4) is 0 Å². The van der Waals surface area contributed by atoms with Gasteiger partial charge in [-0.2, -0.15) is 0 Å². The Morgan fingerprint density at radius 1 is 1.50 bits per heavy atom. The quantitative estimate of drug-likeness (QED) is 0.458. The minimum Gasteiger partial charge on any atom is -0.479 e. The number of hydrogen-bond acceptors (Lipinski definition) is 5. The van der Waals surface area contributed by atoms with Crippen molar-refractivity contribution in [2.75, 3.05) is 6.61 Å². The first-order chi connectivity index (χ1) is 7.40. The lowest BCUT2D eigenvalue weighted by atomic mass is 9.79. The molecule has 0 amide bonds. The van der Waals surface area contributed by atoms with E-state index in [1.165, 1.54) is 6.08 Å². The Hall–Kier alpha value is -0.950. The fraction of sp³-hybridized carbons (Fsp3) is 0.700. The van der Waals surface area contributed by atoms with Crippen molar-refractivity contribution in [2.24, 2.45) is 0 Å². The number of ether oxygens (including phenoxy) is 1. The van der Waals surface area contributed by atoms with Gasteiger partial charge in [0, 0.05) is 12.8 Å². The van der Waals surface area contributed by atoms with Gasteiger partial charge in [-0.15, -0.1) is 6.58 Å². The third-order valence-corrected chi connectivity index (χ3v) is 2.69. The Kier molecular flexibility index (Phi) is 4.03. The van der Waals surface area contributed by atoms with Crippen LogP contribution in [0.2, 0.25) is 0 Å². The van der Waals surface area contributed by atoms with E-state index in [1.54, 1.807) is 0 Å². The summed E-state index contributed by atoms with van der Waals surface area (Å²) < 4.78 is 5.11. The molecule has 6 heteroatoms. The molecule has 6 nitrogen and oxygen atoms in total. The highest BCUT2D eigenvalue weighted by Crippen LogP contribution is 2.31. The van der Waals surface area contributed by atoms with Crippen molar-refractivity contribution in [3.05, 3.63) is 12.7 Å². The molecule has 0 unspecified atom stereocenters. The van der Waals surface area contributed by atoms with Crippen LogP contribution in [0, 0.1) is 0 Å². The Morgan fingerprint density at radius 3 is 2.62 bits per heavy atom. The van der Waals surface area contributed by atoms with Gasteiger partial charge in [-0.3, -0.25) is 0 Å². The first kappa shape index (κ1) is 13.1. The molecule has 0 bridgehead atoms. The second-order valence-corrected chi connectivity index (χ2v) is 3.96. The second-order valence-electron chi connectivity index (χ2n) is 3.96. The third kappa shape index (κ3) is 2.59. The van der Waals surface area contributed by atoms with Gasteiger partial charge < -0.3 is 25.2 Å². The molecule has 0 aliphatic heterocycles. The standard InChI is InChI=1S/C10H16O6/c1-2-3-16-7-5-10(15,9(13)14)4-6(11)8(7)12/h2,6-8,11-12,15H,1,3-5H2,(H,13,14)/t6-,7+,8+,10-/m1/s1. The molecule has 0 aromatic rings. The zero-order chi connectivity index (χ0) is 12.3. The summed E-state index contributed by atoms with van der Waals surface area (Å²) in [6, 6.07) is 0. The van der Waals surface area contributed by atoms with Crippen molar-refractivity contribution in [1.29, 1.82) is 0 Å². The van der Waals surface area contributed by atoms with Gasteiger partial charge in [0.1, 0.15) is 6.10 Å². The average molecular weight is 232 g/mol. The van der Waals surface area contributed by atoms with Gasteiger partial charge in [-0.25, -0.2) is 4.79 Å². The lowest BCUT2D eigenvalue weighted by Gasteiger charge is -2.39. The van der Waals surface area contributed by atoms with E-state index in [2.05, 4.69) is 6.58 Å². The Balaban J connectivity index is 2.76. The normalized spacial score (nSPS) is 39.3. The summed E-state index contributed by atoms with van der Waals surface area (Å²) in [5, 5.41) is 37.6. The number of rotatable bonds is 4. The number of aliphatic hydroxyl groups excluding tert-OH is 2. The third-order valence-electron chi connectivity index (χ3n) is 2.69. The van der Waals surface area contributed by atoms with Gasteiger partial charge in [0.15, 0.2) is 5.60 Å². The lowest BCUT2D eigenvalue weighted by Crippen LogP contribution is -2.56. The van der Waals surface area contributed by atoms with Crippen molar-refractivity contribution in [1.82, 2.24) is 0 Å². The van der Waals surface area contributed by atoms with Crippen molar-refractivity contribution >= 4 is 5.97 Å². The molecule has 0 heterocycles. The number of aliphatic carboxylic acids is 1. The van der Waals surface area contributed by atoms with Gasteiger partial charge in [0.25, 0.3) is 0 Å². The maximum Gasteiger partial charge on any atom is 0.335 e. The minimum atomic E-state index is -2.05. The molecule has 1 aliphatic rings. The van der Waals surface area contributed by atoms with Gasteiger partial charge in [0.2, 0.25) is 0 Å². The number of carbonyl (C=O) groups is 1. The van der Waals surface area contributed by atoms with E-state index < -0.39 is 36.3 Å². The van der Waals surface area contributed by atoms with Crippen LogP contribution in [-0.4, -0.2) is 56.9 Å². The van der Waals surface area contributed by atoms with Crippen LogP contribution in [0.1, 0.15) is 12.8 Å². The summed E-state index contributed by atoms with van der Waals surface area (Å²) in [6.07, 6.45) is -2.65. The number of carboxylic acid groups (broad SMARTS) is 1. The average Bonchev–Trinajstić information content (AvgIpc) is 2.21. The van der Waals surface area contributed by atoms with Crippen LogP contribution in [0.5, 0.6) is 0 Å². The smallest absolute Gasteiger partial charge is 0.335 e. The van der Waals surface area contributed by atoms with Crippen LogP contribution in [-0.2, 0) is 9.53 Å². The molecule has 0 radical (unpaired) electrons. The molecule has 16 heavy (non-hydrogen) atoms. The van der Waals surface area contributed by atoms with Gasteiger partial charge in [0.05, 0.1) is 18.8 Å². The van der Waals surface area contributed by atoms with E-state index in [9.17, 15) is 20.1 Å².